The molecule has 0 fully saturated rings. The number of hydrogen-bond donors (Lipinski definition) is 1. The minimum absolute atomic E-state index is 0.0528. The number of aryl methyl sites for hydroxylation is 1. The number of anilines is 1. The van der Waals surface area contributed by atoms with Crippen LogP contribution < -0.4 is 9.46 Å². The molecule has 0 bridgehead atoms. The van der Waals surface area contributed by atoms with Crippen LogP contribution in [0.1, 0.15) is 32.0 Å². The molecule has 1 N–H and O–H groups in total. The Kier molecular flexibility index (Phi) is 4.64. The molecular weight excluding hydrogens is 340 g/mol. The van der Waals surface area contributed by atoms with Crippen molar-refractivity contribution in [3.8, 4) is 5.75 Å². The fourth-order valence-electron chi connectivity index (χ4n) is 1.95. The monoisotopic (exact) mass is 358 g/mol. The Morgan fingerprint density at radius 1 is 1.26 bits per heavy atom. The number of benzene rings is 1. The van der Waals surface area contributed by atoms with E-state index in [2.05, 4.69) is 9.88 Å². The maximum atomic E-state index is 12.5. The number of nitrogens with zero attached hydrogens (tertiary/aromatic N) is 1. The lowest BCUT2D eigenvalue weighted by atomic mass is 9.92. The summed E-state index contributed by atoms with van der Waals surface area (Å²) in [6.07, 6.45) is 0. The van der Waals surface area contributed by atoms with E-state index in [1.54, 1.807) is 19.1 Å². The van der Waals surface area contributed by atoms with Gasteiger partial charge in [0.1, 0.15) is 5.75 Å². The normalized spacial score (nSPS) is 12.3. The molecule has 0 atom stereocenters. The highest BCUT2D eigenvalue weighted by Gasteiger charge is 2.24. The molecule has 6 nitrogen and oxygen atoms in total. The standard InChI is InChI=1S/C15H19ClN2O4S/c1-9-6-11(21-5)10(16)7-12(9)23(19,20)18-14-8-13(17-22-14)15(2,3)4/h6-8,18H,1-5H3. The second-order valence-corrected chi connectivity index (χ2v) is 8.24. The Labute approximate surface area is 140 Å². The molecule has 1 aromatic carbocycles. The van der Waals surface area contributed by atoms with Gasteiger partial charge in [-0.3, -0.25) is 0 Å². The molecule has 2 aromatic rings. The van der Waals surface area contributed by atoms with Gasteiger partial charge in [0.15, 0.2) is 0 Å². The van der Waals surface area contributed by atoms with Crippen molar-refractivity contribution in [2.24, 2.45) is 0 Å². The Morgan fingerprint density at radius 2 is 1.91 bits per heavy atom. The average Bonchev–Trinajstić information content (AvgIpc) is 2.88. The zero-order chi connectivity index (χ0) is 17.4. The van der Waals surface area contributed by atoms with Crippen LogP contribution in [0.15, 0.2) is 27.6 Å². The molecule has 0 spiro atoms. The topological polar surface area (TPSA) is 81.4 Å². The molecule has 0 saturated carbocycles. The maximum Gasteiger partial charge on any atom is 0.264 e. The number of methoxy groups -OCH3 is 1. The van der Waals surface area contributed by atoms with Gasteiger partial charge in [0.05, 0.1) is 22.7 Å². The van der Waals surface area contributed by atoms with Gasteiger partial charge in [0.25, 0.3) is 10.0 Å². The molecule has 8 heteroatoms. The lowest BCUT2D eigenvalue weighted by Crippen LogP contribution is -2.14. The van der Waals surface area contributed by atoms with E-state index in [1.807, 2.05) is 20.8 Å². The second-order valence-electron chi connectivity index (χ2n) is 6.18. The minimum Gasteiger partial charge on any atom is -0.495 e. The van der Waals surface area contributed by atoms with Gasteiger partial charge in [-0.15, -0.1) is 0 Å². The molecule has 126 valence electrons. The molecule has 0 aliphatic carbocycles. The first-order valence-corrected chi connectivity index (χ1v) is 8.75. The Hall–Kier alpha value is -1.73. The summed E-state index contributed by atoms with van der Waals surface area (Å²) in [4.78, 5) is 0.0528. The van der Waals surface area contributed by atoms with Crippen molar-refractivity contribution in [2.45, 2.75) is 38.0 Å². The molecule has 0 radical (unpaired) electrons. The molecule has 1 aromatic heterocycles. The van der Waals surface area contributed by atoms with E-state index >= 15 is 0 Å². The number of hydrogen-bond acceptors (Lipinski definition) is 5. The van der Waals surface area contributed by atoms with Crippen molar-refractivity contribution in [1.29, 1.82) is 0 Å². The summed E-state index contributed by atoms with van der Waals surface area (Å²) >= 11 is 6.02. The van der Waals surface area contributed by atoms with Crippen LogP contribution in [-0.4, -0.2) is 20.7 Å². The van der Waals surface area contributed by atoms with Crippen molar-refractivity contribution in [3.63, 3.8) is 0 Å². The molecule has 0 saturated heterocycles. The predicted molar refractivity (Wildman–Crippen MR) is 88.8 cm³/mol. The molecule has 0 unspecified atom stereocenters. The zero-order valence-corrected chi connectivity index (χ0v) is 15.2. The third-order valence-electron chi connectivity index (χ3n) is 3.25. The summed E-state index contributed by atoms with van der Waals surface area (Å²) in [5.41, 5.74) is 0.918. The summed E-state index contributed by atoms with van der Waals surface area (Å²) in [6.45, 7) is 7.53. The number of rotatable bonds is 4. The lowest BCUT2D eigenvalue weighted by Gasteiger charge is -2.12. The number of sulfonamides is 1. The first-order valence-electron chi connectivity index (χ1n) is 6.89. The van der Waals surface area contributed by atoms with Crippen molar-refractivity contribution in [3.05, 3.63) is 34.5 Å². The van der Waals surface area contributed by atoms with Gasteiger partial charge in [0.2, 0.25) is 5.88 Å². The summed E-state index contributed by atoms with van der Waals surface area (Å²) in [6, 6.07) is 4.48. The van der Waals surface area contributed by atoms with Crippen LogP contribution >= 0.6 is 11.6 Å². The highest BCUT2D eigenvalue weighted by atomic mass is 35.5. The van der Waals surface area contributed by atoms with Gasteiger partial charge in [0, 0.05) is 11.5 Å². The van der Waals surface area contributed by atoms with Gasteiger partial charge in [-0.25, -0.2) is 13.1 Å². The quantitative estimate of drug-likeness (QED) is 0.900. The van der Waals surface area contributed by atoms with Crippen LogP contribution in [0, 0.1) is 6.92 Å². The third kappa shape index (κ3) is 3.79. The fraction of sp³-hybridized carbons (Fsp3) is 0.400. The zero-order valence-electron chi connectivity index (χ0n) is 13.6. The van der Waals surface area contributed by atoms with Crippen LogP contribution in [0.25, 0.3) is 0 Å². The van der Waals surface area contributed by atoms with E-state index < -0.39 is 10.0 Å². The van der Waals surface area contributed by atoms with Crippen molar-refractivity contribution in [2.75, 3.05) is 11.8 Å². The van der Waals surface area contributed by atoms with Gasteiger partial charge in [-0.2, -0.15) is 0 Å². The van der Waals surface area contributed by atoms with Crippen LogP contribution in [-0.2, 0) is 15.4 Å². The summed E-state index contributed by atoms with van der Waals surface area (Å²) in [7, 11) is -2.38. The Balaban J connectivity index is 2.36. The van der Waals surface area contributed by atoms with Crippen molar-refractivity contribution >= 4 is 27.5 Å². The predicted octanol–water partition coefficient (Wildman–Crippen LogP) is 3.74. The Bertz CT molecular complexity index is 822. The molecular formula is C15H19ClN2O4S. The average molecular weight is 359 g/mol. The highest BCUT2D eigenvalue weighted by molar-refractivity contribution is 7.92. The number of ether oxygens (including phenoxy) is 1. The Morgan fingerprint density at radius 3 is 2.43 bits per heavy atom. The van der Waals surface area contributed by atoms with E-state index in [4.69, 9.17) is 20.9 Å². The summed E-state index contributed by atoms with van der Waals surface area (Å²) in [5, 5.41) is 4.10. The largest absolute Gasteiger partial charge is 0.495 e. The van der Waals surface area contributed by atoms with Crippen molar-refractivity contribution in [1.82, 2.24) is 5.16 Å². The smallest absolute Gasteiger partial charge is 0.264 e. The molecule has 23 heavy (non-hydrogen) atoms. The van der Waals surface area contributed by atoms with Crippen molar-refractivity contribution < 1.29 is 17.7 Å². The van der Waals surface area contributed by atoms with Crippen LogP contribution in [0.5, 0.6) is 5.75 Å². The van der Waals surface area contributed by atoms with E-state index in [-0.39, 0.29) is 21.2 Å². The van der Waals surface area contributed by atoms with E-state index in [9.17, 15) is 8.42 Å². The van der Waals surface area contributed by atoms with Gasteiger partial charge in [-0.1, -0.05) is 37.5 Å². The SMILES string of the molecule is COc1cc(C)c(S(=O)(=O)Nc2cc(C(C)(C)C)no2)cc1Cl. The van der Waals surface area contributed by atoms with Gasteiger partial charge >= 0.3 is 0 Å². The summed E-state index contributed by atoms with van der Waals surface area (Å²) < 4.78 is 37.6. The van der Waals surface area contributed by atoms with Crippen LogP contribution in [0.4, 0.5) is 5.88 Å². The molecule has 1 heterocycles. The van der Waals surface area contributed by atoms with E-state index in [0.717, 1.165) is 0 Å². The van der Waals surface area contributed by atoms with Crippen LogP contribution in [0.3, 0.4) is 0 Å². The molecule has 0 aliphatic heterocycles. The third-order valence-corrected chi connectivity index (χ3v) is 5.04. The molecule has 2 rings (SSSR count). The minimum atomic E-state index is -3.85. The summed E-state index contributed by atoms with van der Waals surface area (Å²) in [5.74, 6) is 0.471. The highest BCUT2D eigenvalue weighted by Crippen LogP contribution is 2.31. The maximum absolute atomic E-state index is 12.5. The lowest BCUT2D eigenvalue weighted by molar-refractivity contribution is 0.405. The molecule has 0 aliphatic rings. The van der Waals surface area contributed by atoms with Gasteiger partial charge in [-0.05, 0) is 24.6 Å². The number of nitrogens with one attached hydrogen (secondary N) is 1. The number of aromatic nitrogens is 1. The van der Waals surface area contributed by atoms with E-state index in [1.165, 1.54) is 13.2 Å². The fourth-order valence-corrected chi connectivity index (χ4v) is 3.48. The second kappa shape index (κ2) is 6.05. The van der Waals surface area contributed by atoms with Gasteiger partial charge < -0.3 is 9.26 Å². The number of halogens is 1. The van der Waals surface area contributed by atoms with E-state index in [0.29, 0.717) is 17.0 Å². The molecule has 0 amide bonds. The first kappa shape index (κ1) is 17.6. The first-order chi connectivity index (χ1) is 10.5. The van der Waals surface area contributed by atoms with Crippen LogP contribution in [0.2, 0.25) is 5.02 Å².